The van der Waals surface area contributed by atoms with E-state index < -0.39 is 27.1 Å². The van der Waals surface area contributed by atoms with Crippen molar-refractivity contribution in [3.8, 4) is 0 Å². The molecule has 8 nitrogen and oxygen atoms in total. The summed E-state index contributed by atoms with van der Waals surface area (Å²) in [5.74, 6) is 0.203. The smallest absolute Gasteiger partial charge is 0.289 e. The number of carbonyl (C=O) groups is 1. The number of rotatable bonds is 3. The second-order valence-corrected chi connectivity index (χ2v) is 5.87. The van der Waals surface area contributed by atoms with Crippen molar-refractivity contribution < 1.29 is 14.6 Å². The van der Waals surface area contributed by atoms with Gasteiger partial charge >= 0.3 is 0 Å². The summed E-state index contributed by atoms with van der Waals surface area (Å²) < 4.78 is 0. The lowest BCUT2D eigenvalue weighted by Gasteiger charge is -2.34. The van der Waals surface area contributed by atoms with Crippen LogP contribution in [0, 0.1) is 32.1 Å². The van der Waals surface area contributed by atoms with Crippen LogP contribution in [0.3, 0.4) is 0 Å². The molecule has 8 heteroatoms. The highest BCUT2D eigenvalue weighted by molar-refractivity contribution is 5.98. The van der Waals surface area contributed by atoms with E-state index in [0.29, 0.717) is 24.9 Å². The van der Waals surface area contributed by atoms with Gasteiger partial charge in [0.2, 0.25) is 0 Å². The first-order chi connectivity index (χ1) is 10.3. The lowest BCUT2D eigenvalue weighted by atomic mass is 9.91. The largest absolute Gasteiger partial charge is 0.338 e. The lowest BCUT2D eigenvalue weighted by Crippen LogP contribution is -2.42. The minimum Gasteiger partial charge on any atom is -0.338 e. The number of non-ortho nitro benzene ring substituents is 1. The summed E-state index contributed by atoms with van der Waals surface area (Å²) in [6, 6.07) is 3.13. The highest BCUT2D eigenvalue weighted by Crippen LogP contribution is 2.28. The Labute approximate surface area is 127 Å². The van der Waals surface area contributed by atoms with Crippen LogP contribution in [0.15, 0.2) is 18.2 Å². The molecule has 1 saturated heterocycles. The topological polar surface area (TPSA) is 107 Å². The average Bonchev–Trinajstić information content (AvgIpc) is 2.44. The van der Waals surface area contributed by atoms with E-state index in [1.165, 1.54) is 6.07 Å². The monoisotopic (exact) mass is 307 g/mol. The van der Waals surface area contributed by atoms with Crippen molar-refractivity contribution >= 4 is 17.3 Å². The number of likely N-dealkylation sites (tertiary alicyclic amines) is 1. The normalized spacial score (nSPS) is 21.5. The molecular formula is C14H17N3O5. The van der Waals surface area contributed by atoms with E-state index >= 15 is 0 Å². The lowest BCUT2D eigenvalue weighted by molar-refractivity contribution is -0.394. The molecule has 1 amide bonds. The molecule has 0 radical (unpaired) electrons. The number of hydrogen-bond acceptors (Lipinski definition) is 5. The van der Waals surface area contributed by atoms with E-state index in [4.69, 9.17) is 0 Å². The quantitative estimate of drug-likeness (QED) is 0.630. The van der Waals surface area contributed by atoms with Gasteiger partial charge in [0.25, 0.3) is 17.3 Å². The molecule has 2 unspecified atom stereocenters. The van der Waals surface area contributed by atoms with Crippen molar-refractivity contribution in [1.82, 2.24) is 4.90 Å². The molecule has 1 aliphatic rings. The third-order valence-corrected chi connectivity index (χ3v) is 3.78. The van der Waals surface area contributed by atoms with Crippen molar-refractivity contribution in [1.29, 1.82) is 0 Å². The summed E-state index contributed by atoms with van der Waals surface area (Å²) in [6.07, 6.45) is 1.01. The molecule has 0 saturated carbocycles. The third kappa shape index (κ3) is 3.21. The minimum atomic E-state index is -0.753. The highest BCUT2D eigenvalue weighted by Gasteiger charge is 2.31. The summed E-state index contributed by atoms with van der Waals surface area (Å²) in [6.45, 7) is 5.13. The molecule has 1 heterocycles. The molecular weight excluding hydrogens is 290 g/mol. The van der Waals surface area contributed by atoms with Crippen LogP contribution in [-0.2, 0) is 0 Å². The van der Waals surface area contributed by atoms with Gasteiger partial charge in [0.15, 0.2) is 0 Å². The second kappa shape index (κ2) is 6.08. The fourth-order valence-electron chi connectivity index (χ4n) is 2.96. The second-order valence-electron chi connectivity index (χ2n) is 5.87. The van der Waals surface area contributed by atoms with Crippen LogP contribution in [0.25, 0.3) is 0 Å². The molecule has 1 fully saturated rings. The third-order valence-electron chi connectivity index (χ3n) is 3.78. The summed E-state index contributed by atoms with van der Waals surface area (Å²) in [4.78, 5) is 34.5. The molecule has 2 atom stereocenters. The molecule has 118 valence electrons. The Morgan fingerprint density at radius 3 is 2.23 bits per heavy atom. The molecule has 0 N–H and O–H groups in total. The Balaban J connectivity index is 2.36. The van der Waals surface area contributed by atoms with Gasteiger partial charge < -0.3 is 4.90 Å². The van der Waals surface area contributed by atoms with Crippen LogP contribution in [0.2, 0.25) is 0 Å². The van der Waals surface area contributed by atoms with Crippen LogP contribution in [0.1, 0.15) is 30.6 Å². The first-order valence-corrected chi connectivity index (χ1v) is 7.01. The Hall–Kier alpha value is -2.51. The zero-order valence-corrected chi connectivity index (χ0v) is 12.4. The molecule has 1 aromatic rings. The number of nitrogens with zero attached hydrogens (tertiary/aromatic N) is 3. The van der Waals surface area contributed by atoms with Crippen molar-refractivity contribution in [2.75, 3.05) is 13.1 Å². The Morgan fingerprint density at radius 2 is 1.73 bits per heavy atom. The van der Waals surface area contributed by atoms with Crippen LogP contribution in [0.4, 0.5) is 11.4 Å². The van der Waals surface area contributed by atoms with E-state index in [2.05, 4.69) is 0 Å². The fraction of sp³-hybridized carbons (Fsp3) is 0.500. The van der Waals surface area contributed by atoms with E-state index in [1.807, 2.05) is 13.8 Å². The van der Waals surface area contributed by atoms with Crippen LogP contribution in [0.5, 0.6) is 0 Å². The maximum atomic E-state index is 12.5. The Morgan fingerprint density at radius 1 is 1.14 bits per heavy atom. The van der Waals surface area contributed by atoms with E-state index in [0.717, 1.165) is 18.6 Å². The van der Waals surface area contributed by atoms with Gasteiger partial charge in [-0.25, -0.2) is 0 Å². The number of piperidine rings is 1. The first-order valence-electron chi connectivity index (χ1n) is 7.01. The van der Waals surface area contributed by atoms with Gasteiger partial charge in [0.05, 0.1) is 15.9 Å². The van der Waals surface area contributed by atoms with Gasteiger partial charge in [-0.1, -0.05) is 13.8 Å². The van der Waals surface area contributed by atoms with Gasteiger partial charge in [-0.15, -0.1) is 0 Å². The van der Waals surface area contributed by atoms with Crippen molar-refractivity contribution in [2.45, 2.75) is 20.3 Å². The Bertz CT molecular complexity index is 621. The average molecular weight is 307 g/mol. The van der Waals surface area contributed by atoms with Crippen LogP contribution < -0.4 is 0 Å². The zero-order valence-electron chi connectivity index (χ0n) is 12.4. The maximum absolute atomic E-state index is 12.5. The minimum absolute atomic E-state index is 0.100. The van der Waals surface area contributed by atoms with Crippen molar-refractivity contribution in [2.24, 2.45) is 11.8 Å². The molecule has 0 aliphatic carbocycles. The van der Waals surface area contributed by atoms with Crippen molar-refractivity contribution in [3.05, 3.63) is 44.0 Å². The first kappa shape index (κ1) is 15.9. The summed E-state index contributed by atoms with van der Waals surface area (Å²) in [7, 11) is 0. The highest BCUT2D eigenvalue weighted by atomic mass is 16.6. The summed E-state index contributed by atoms with van der Waals surface area (Å²) in [5.41, 5.74) is -1.02. The molecule has 22 heavy (non-hydrogen) atoms. The zero-order chi connectivity index (χ0) is 16.4. The molecule has 2 rings (SSSR count). The standard InChI is InChI=1S/C14H17N3O5/c1-9-5-10(2)8-15(7-9)14(18)12-4-3-11(16(19)20)6-13(12)17(21)22/h3-4,6,9-10H,5,7-8H2,1-2H3. The number of hydrogen-bond donors (Lipinski definition) is 0. The number of amides is 1. The van der Waals surface area contributed by atoms with Crippen LogP contribution in [-0.4, -0.2) is 33.7 Å². The van der Waals surface area contributed by atoms with Gasteiger partial charge in [-0.3, -0.25) is 25.0 Å². The van der Waals surface area contributed by atoms with Gasteiger partial charge in [0.1, 0.15) is 5.56 Å². The molecule has 1 aliphatic heterocycles. The number of nitro groups is 2. The fourth-order valence-corrected chi connectivity index (χ4v) is 2.96. The predicted molar refractivity (Wildman–Crippen MR) is 78.6 cm³/mol. The molecule has 0 spiro atoms. The maximum Gasteiger partial charge on any atom is 0.289 e. The summed E-state index contributed by atoms with van der Waals surface area (Å²) in [5, 5.41) is 21.9. The molecule has 1 aromatic carbocycles. The van der Waals surface area contributed by atoms with E-state index in [-0.39, 0.29) is 5.56 Å². The van der Waals surface area contributed by atoms with Gasteiger partial charge in [-0.05, 0) is 24.3 Å². The number of nitro benzene ring substituents is 2. The predicted octanol–water partition coefficient (Wildman–Crippen LogP) is 2.62. The Kier molecular flexibility index (Phi) is 4.39. The summed E-state index contributed by atoms with van der Waals surface area (Å²) >= 11 is 0. The SMILES string of the molecule is CC1CC(C)CN(C(=O)c2ccc([N+](=O)[O-])cc2[N+](=O)[O-])C1. The molecule has 0 bridgehead atoms. The number of benzene rings is 1. The van der Waals surface area contributed by atoms with Crippen LogP contribution >= 0.6 is 0 Å². The number of carbonyl (C=O) groups excluding carboxylic acids is 1. The van der Waals surface area contributed by atoms with E-state index in [1.54, 1.807) is 4.90 Å². The van der Waals surface area contributed by atoms with Crippen molar-refractivity contribution in [3.63, 3.8) is 0 Å². The van der Waals surface area contributed by atoms with Gasteiger partial charge in [-0.2, -0.15) is 0 Å². The van der Waals surface area contributed by atoms with E-state index in [9.17, 15) is 25.0 Å². The van der Waals surface area contributed by atoms with Gasteiger partial charge in [0, 0.05) is 19.2 Å². The molecule has 0 aromatic heterocycles.